The fraction of sp³-hybridized carbons (Fsp3) is 0.250. The van der Waals surface area contributed by atoms with Gasteiger partial charge in [-0.1, -0.05) is 48.5 Å². The van der Waals surface area contributed by atoms with Crippen molar-refractivity contribution in [3.05, 3.63) is 60.2 Å². The Kier molecular flexibility index (Phi) is 3.72. The van der Waals surface area contributed by atoms with Crippen LogP contribution in [0.4, 0.5) is 0 Å². The van der Waals surface area contributed by atoms with Gasteiger partial charge in [0.25, 0.3) is 0 Å². The van der Waals surface area contributed by atoms with Crippen LogP contribution in [0.2, 0.25) is 0 Å². The van der Waals surface area contributed by atoms with E-state index in [0.717, 1.165) is 40.8 Å². The molecule has 0 amide bonds. The highest BCUT2D eigenvalue weighted by Crippen LogP contribution is 2.30. The van der Waals surface area contributed by atoms with Gasteiger partial charge in [-0.25, -0.2) is 0 Å². The van der Waals surface area contributed by atoms with Crippen LogP contribution < -0.4 is 4.90 Å². The van der Waals surface area contributed by atoms with Crippen molar-refractivity contribution in [2.24, 2.45) is 0 Å². The maximum Gasteiger partial charge on any atom is 0.219 e. The van der Waals surface area contributed by atoms with Crippen LogP contribution >= 0.6 is 0 Å². The third-order valence-electron chi connectivity index (χ3n) is 4.77. The summed E-state index contributed by atoms with van der Waals surface area (Å²) in [7, 11) is 0. The van der Waals surface area contributed by atoms with Crippen LogP contribution in [0.1, 0.15) is 23.2 Å². The Balaban J connectivity index is 1.81. The second-order valence-electron chi connectivity index (χ2n) is 6.34. The van der Waals surface area contributed by atoms with Crippen LogP contribution in [-0.4, -0.2) is 30.4 Å². The van der Waals surface area contributed by atoms with E-state index in [-0.39, 0.29) is 5.78 Å². The van der Waals surface area contributed by atoms with E-state index in [1.54, 1.807) is 0 Å². The lowest BCUT2D eigenvalue weighted by Crippen LogP contribution is -3.10. The van der Waals surface area contributed by atoms with Crippen molar-refractivity contribution in [1.29, 1.82) is 0 Å². The van der Waals surface area contributed by atoms with Gasteiger partial charge in [-0.2, -0.15) is 0 Å². The number of hydrogen-bond donors (Lipinski definition) is 2. The van der Waals surface area contributed by atoms with Crippen LogP contribution in [-0.2, 0) is 0 Å². The molecule has 4 rings (SSSR count). The first kappa shape index (κ1) is 14.2. The Bertz CT molecular complexity index is 829. The predicted octanol–water partition coefficient (Wildman–Crippen LogP) is 2.70. The van der Waals surface area contributed by atoms with Crippen molar-refractivity contribution < 1.29 is 9.69 Å². The van der Waals surface area contributed by atoms with E-state index in [1.165, 1.54) is 17.7 Å². The lowest BCUT2D eigenvalue weighted by Gasteiger charge is -2.11. The normalized spacial score (nSPS) is 15.3. The molecule has 1 fully saturated rings. The lowest BCUT2D eigenvalue weighted by atomic mass is 10.0. The number of rotatable bonds is 4. The molecule has 1 aliphatic rings. The average molecular weight is 305 g/mol. The van der Waals surface area contributed by atoms with E-state index in [1.807, 2.05) is 42.5 Å². The van der Waals surface area contributed by atoms with Gasteiger partial charge in [-0.05, 0) is 11.6 Å². The summed E-state index contributed by atoms with van der Waals surface area (Å²) in [4.78, 5) is 17.9. The Labute approximate surface area is 135 Å². The molecule has 116 valence electrons. The first-order valence-electron chi connectivity index (χ1n) is 8.36. The van der Waals surface area contributed by atoms with Crippen molar-refractivity contribution in [3.8, 4) is 11.3 Å². The summed E-state index contributed by atoms with van der Waals surface area (Å²) in [6, 6.07) is 18.3. The number of ketones is 1. The Morgan fingerprint density at radius 3 is 2.43 bits per heavy atom. The van der Waals surface area contributed by atoms with Crippen LogP contribution in [0.5, 0.6) is 0 Å². The van der Waals surface area contributed by atoms with Crippen LogP contribution in [0.15, 0.2) is 54.6 Å². The van der Waals surface area contributed by atoms with Crippen LogP contribution in [0, 0.1) is 0 Å². The molecule has 0 spiro atoms. The third kappa shape index (κ3) is 2.68. The summed E-state index contributed by atoms with van der Waals surface area (Å²) in [5, 5.41) is 1.04. The average Bonchev–Trinajstić information content (AvgIpc) is 3.22. The summed E-state index contributed by atoms with van der Waals surface area (Å²) in [5.41, 5.74) is 3.91. The molecule has 3 heteroatoms. The first-order chi connectivity index (χ1) is 11.3. The summed E-state index contributed by atoms with van der Waals surface area (Å²) in [6.07, 6.45) is 2.48. The number of para-hydroxylation sites is 1. The maximum atomic E-state index is 13.0. The molecule has 0 atom stereocenters. The van der Waals surface area contributed by atoms with Crippen LogP contribution in [0.3, 0.4) is 0 Å². The zero-order valence-electron chi connectivity index (χ0n) is 13.1. The molecule has 0 saturated carbocycles. The van der Waals surface area contributed by atoms with Crippen molar-refractivity contribution >= 4 is 16.7 Å². The van der Waals surface area contributed by atoms with Gasteiger partial charge in [-0.15, -0.1) is 0 Å². The molecule has 1 saturated heterocycles. The number of quaternary nitrogens is 1. The molecule has 1 aliphatic heterocycles. The molecule has 3 nitrogen and oxygen atoms in total. The highest BCUT2D eigenvalue weighted by molar-refractivity contribution is 6.13. The molecule has 2 N–H and O–H groups in total. The molecule has 2 aromatic carbocycles. The van der Waals surface area contributed by atoms with Gasteiger partial charge < -0.3 is 9.88 Å². The maximum absolute atomic E-state index is 13.0. The number of benzene rings is 2. The summed E-state index contributed by atoms with van der Waals surface area (Å²) in [5.74, 6) is 0.248. The first-order valence-corrected chi connectivity index (χ1v) is 8.36. The molecule has 0 bridgehead atoms. The standard InChI is InChI=1S/C20H20N2O/c23-18(14-22-12-6-7-13-22)19-16-10-4-5-11-17(16)21-20(19)15-8-2-1-3-9-15/h1-5,8-11,21H,6-7,12-14H2/p+1. The Morgan fingerprint density at radius 1 is 0.957 bits per heavy atom. The van der Waals surface area contributed by atoms with Gasteiger partial charge >= 0.3 is 0 Å². The van der Waals surface area contributed by atoms with E-state index < -0.39 is 0 Å². The zero-order chi connectivity index (χ0) is 15.6. The molecular formula is C20H21N2O+. The van der Waals surface area contributed by atoms with Gasteiger partial charge in [-0.3, -0.25) is 4.79 Å². The van der Waals surface area contributed by atoms with E-state index in [0.29, 0.717) is 6.54 Å². The van der Waals surface area contributed by atoms with Crippen LogP contribution in [0.25, 0.3) is 22.2 Å². The summed E-state index contributed by atoms with van der Waals surface area (Å²) in [6.45, 7) is 2.84. The third-order valence-corrected chi connectivity index (χ3v) is 4.77. The summed E-state index contributed by atoms with van der Waals surface area (Å²) < 4.78 is 0. The number of fused-ring (bicyclic) bond motifs is 1. The monoisotopic (exact) mass is 305 g/mol. The number of aromatic nitrogens is 1. The van der Waals surface area contributed by atoms with Crippen molar-refractivity contribution in [2.75, 3.05) is 19.6 Å². The van der Waals surface area contributed by atoms with E-state index >= 15 is 0 Å². The number of hydrogen-bond acceptors (Lipinski definition) is 1. The van der Waals surface area contributed by atoms with Crippen molar-refractivity contribution in [1.82, 2.24) is 4.98 Å². The van der Waals surface area contributed by atoms with Gasteiger partial charge in [0, 0.05) is 23.7 Å². The fourth-order valence-corrected chi connectivity index (χ4v) is 3.62. The Morgan fingerprint density at radius 2 is 1.65 bits per heavy atom. The SMILES string of the molecule is O=C(C[NH+]1CCCC1)c1c(-c2ccccc2)[nH]c2ccccc12. The highest BCUT2D eigenvalue weighted by atomic mass is 16.1. The number of H-pyrrole nitrogens is 1. The van der Waals surface area contributed by atoms with E-state index in [9.17, 15) is 4.79 Å². The highest BCUT2D eigenvalue weighted by Gasteiger charge is 2.25. The molecule has 3 aromatic rings. The number of carbonyl (C=O) groups excluding carboxylic acids is 1. The number of aromatic amines is 1. The minimum absolute atomic E-state index is 0.248. The predicted molar refractivity (Wildman–Crippen MR) is 92.9 cm³/mol. The molecule has 2 heterocycles. The minimum Gasteiger partial charge on any atom is -0.354 e. The fourth-order valence-electron chi connectivity index (χ4n) is 3.62. The van der Waals surface area contributed by atoms with Gasteiger partial charge in [0.1, 0.15) is 6.54 Å². The molecule has 0 unspecified atom stereocenters. The summed E-state index contributed by atoms with van der Waals surface area (Å²) >= 11 is 0. The molecule has 1 aromatic heterocycles. The smallest absolute Gasteiger partial charge is 0.219 e. The van der Waals surface area contributed by atoms with E-state index in [2.05, 4.69) is 17.1 Å². The van der Waals surface area contributed by atoms with Crippen molar-refractivity contribution in [2.45, 2.75) is 12.8 Å². The minimum atomic E-state index is 0.248. The van der Waals surface area contributed by atoms with Gasteiger partial charge in [0.05, 0.1) is 24.3 Å². The second-order valence-corrected chi connectivity index (χ2v) is 6.34. The number of likely N-dealkylation sites (tertiary alicyclic amines) is 1. The molecule has 0 aliphatic carbocycles. The Hall–Kier alpha value is -2.39. The number of Topliss-reactive ketones (excluding diaryl/α,β-unsaturated/α-hetero) is 1. The number of carbonyl (C=O) groups is 1. The second kappa shape index (κ2) is 6.01. The number of nitrogens with one attached hydrogen (secondary N) is 2. The molecule has 23 heavy (non-hydrogen) atoms. The molecular weight excluding hydrogens is 284 g/mol. The lowest BCUT2D eigenvalue weighted by molar-refractivity contribution is -0.878. The largest absolute Gasteiger partial charge is 0.354 e. The van der Waals surface area contributed by atoms with Crippen molar-refractivity contribution in [3.63, 3.8) is 0 Å². The molecule has 0 radical (unpaired) electrons. The van der Waals surface area contributed by atoms with Gasteiger partial charge in [0.2, 0.25) is 5.78 Å². The van der Waals surface area contributed by atoms with Gasteiger partial charge in [0.15, 0.2) is 0 Å². The van der Waals surface area contributed by atoms with E-state index in [4.69, 9.17) is 0 Å². The quantitative estimate of drug-likeness (QED) is 0.715. The zero-order valence-corrected chi connectivity index (χ0v) is 13.1. The topological polar surface area (TPSA) is 37.3 Å².